The first kappa shape index (κ1) is 23.3. The summed E-state index contributed by atoms with van der Waals surface area (Å²) >= 11 is 0. The lowest BCUT2D eigenvalue weighted by Gasteiger charge is -2.22. The third-order valence-electron chi connectivity index (χ3n) is 4.21. The second-order valence-electron chi connectivity index (χ2n) is 6.45. The Morgan fingerprint density at radius 1 is 1.04 bits per heavy atom. The zero-order valence-electron chi connectivity index (χ0n) is 15.4. The lowest BCUT2D eigenvalue weighted by atomic mass is 10.1. The standard InChI is InChI=1S/C16H26N4O8/c1-8(18-14(25)9-3-2-6-17-9)13(24)20-11(7-21)15(26)19-10(16(27)28)4-5-12(22)23/h8-11,17,21H,2-7H2,1H3,(H,18,25)(H,19,26)(H,20,24)(H,22,23)(H,27,28). The van der Waals surface area contributed by atoms with Gasteiger partial charge >= 0.3 is 11.9 Å². The van der Waals surface area contributed by atoms with Gasteiger partial charge in [-0.3, -0.25) is 19.2 Å². The molecule has 12 nitrogen and oxygen atoms in total. The van der Waals surface area contributed by atoms with E-state index in [1.807, 2.05) is 0 Å². The summed E-state index contributed by atoms with van der Waals surface area (Å²) in [6.07, 6.45) is 0.655. The van der Waals surface area contributed by atoms with Gasteiger partial charge in [-0.2, -0.15) is 0 Å². The number of hydrogen-bond acceptors (Lipinski definition) is 7. The average Bonchev–Trinajstić information content (AvgIpc) is 3.16. The lowest BCUT2D eigenvalue weighted by Crippen LogP contribution is -2.57. The van der Waals surface area contributed by atoms with Crippen molar-refractivity contribution in [2.75, 3.05) is 13.2 Å². The quantitative estimate of drug-likeness (QED) is 0.190. The highest BCUT2D eigenvalue weighted by Crippen LogP contribution is 2.05. The molecule has 1 aliphatic heterocycles. The van der Waals surface area contributed by atoms with Crippen molar-refractivity contribution in [2.24, 2.45) is 0 Å². The minimum atomic E-state index is -1.49. The maximum atomic E-state index is 12.2. The molecule has 0 saturated carbocycles. The van der Waals surface area contributed by atoms with Crippen LogP contribution in [0.15, 0.2) is 0 Å². The summed E-state index contributed by atoms with van der Waals surface area (Å²) in [5.74, 6) is -4.75. The van der Waals surface area contributed by atoms with E-state index in [0.717, 1.165) is 6.42 Å². The number of carbonyl (C=O) groups excluding carboxylic acids is 3. The Balaban J connectivity index is 2.58. The van der Waals surface area contributed by atoms with Crippen LogP contribution in [0.3, 0.4) is 0 Å². The van der Waals surface area contributed by atoms with Crippen LogP contribution in [0, 0.1) is 0 Å². The van der Waals surface area contributed by atoms with Gasteiger partial charge in [0.05, 0.1) is 12.6 Å². The Morgan fingerprint density at radius 2 is 1.68 bits per heavy atom. The van der Waals surface area contributed by atoms with E-state index in [0.29, 0.717) is 13.0 Å². The molecular weight excluding hydrogens is 376 g/mol. The third kappa shape index (κ3) is 7.48. The van der Waals surface area contributed by atoms with E-state index in [1.54, 1.807) is 0 Å². The van der Waals surface area contributed by atoms with Gasteiger partial charge in [0.15, 0.2) is 0 Å². The Morgan fingerprint density at radius 3 is 2.18 bits per heavy atom. The molecule has 7 N–H and O–H groups in total. The summed E-state index contributed by atoms with van der Waals surface area (Å²) in [7, 11) is 0. The normalized spacial score (nSPS) is 19.1. The van der Waals surface area contributed by atoms with E-state index in [4.69, 9.17) is 10.2 Å². The molecule has 0 spiro atoms. The number of carboxylic acids is 2. The molecule has 0 radical (unpaired) electrons. The number of aliphatic carboxylic acids is 2. The van der Waals surface area contributed by atoms with Gasteiger partial charge in [0, 0.05) is 6.42 Å². The average molecular weight is 402 g/mol. The molecule has 3 amide bonds. The first-order valence-corrected chi connectivity index (χ1v) is 8.85. The highest BCUT2D eigenvalue weighted by atomic mass is 16.4. The van der Waals surface area contributed by atoms with Crippen LogP contribution in [0.2, 0.25) is 0 Å². The number of rotatable bonds is 11. The van der Waals surface area contributed by atoms with Crippen molar-refractivity contribution < 1.29 is 39.3 Å². The second-order valence-corrected chi connectivity index (χ2v) is 6.45. The van der Waals surface area contributed by atoms with Crippen LogP contribution in [0.1, 0.15) is 32.6 Å². The van der Waals surface area contributed by atoms with Crippen molar-refractivity contribution in [1.29, 1.82) is 0 Å². The van der Waals surface area contributed by atoms with Crippen LogP contribution in [-0.4, -0.2) is 82.3 Å². The van der Waals surface area contributed by atoms with Crippen LogP contribution in [-0.2, 0) is 24.0 Å². The van der Waals surface area contributed by atoms with Crippen LogP contribution in [0.5, 0.6) is 0 Å². The van der Waals surface area contributed by atoms with Crippen molar-refractivity contribution in [3.05, 3.63) is 0 Å². The van der Waals surface area contributed by atoms with Gasteiger partial charge in [-0.15, -0.1) is 0 Å². The molecule has 28 heavy (non-hydrogen) atoms. The Hall–Kier alpha value is -2.73. The largest absolute Gasteiger partial charge is 0.481 e. The minimum Gasteiger partial charge on any atom is -0.481 e. The summed E-state index contributed by atoms with van der Waals surface area (Å²) in [5, 5.41) is 36.8. The molecule has 12 heteroatoms. The lowest BCUT2D eigenvalue weighted by molar-refractivity contribution is -0.143. The van der Waals surface area contributed by atoms with Crippen LogP contribution >= 0.6 is 0 Å². The molecule has 0 aromatic rings. The number of aliphatic hydroxyl groups is 1. The number of amides is 3. The number of carboxylic acid groups (broad SMARTS) is 2. The number of aliphatic hydroxyl groups excluding tert-OH is 1. The van der Waals surface area contributed by atoms with Crippen molar-refractivity contribution >= 4 is 29.7 Å². The topological polar surface area (TPSA) is 194 Å². The van der Waals surface area contributed by atoms with Crippen LogP contribution < -0.4 is 21.3 Å². The van der Waals surface area contributed by atoms with E-state index >= 15 is 0 Å². The van der Waals surface area contributed by atoms with Crippen molar-refractivity contribution in [1.82, 2.24) is 21.3 Å². The Labute approximate surface area is 161 Å². The summed E-state index contributed by atoms with van der Waals surface area (Å²) < 4.78 is 0. The number of nitrogens with one attached hydrogen (secondary N) is 4. The van der Waals surface area contributed by atoms with Gasteiger partial charge in [0.25, 0.3) is 0 Å². The smallest absolute Gasteiger partial charge is 0.326 e. The monoisotopic (exact) mass is 402 g/mol. The molecule has 4 unspecified atom stereocenters. The van der Waals surface area contributed by atoms with E-state index in [-0.39, 0.29) is 12.3 Å². The maximum Gasteiger partial charge on any atom is 0.326 e. The van der Waals surface area contributed by atoms with E-state index in [1.165, 1.54) is 6.92 Å². The molecule has 0 aliphatic carbocycles. The maximum absolute atomic E-state index is 12.2. The molecule has 158 valence electrons. The van der Waals surface area contributed by atoms with Gasteiger partial charge in [0.1, 0.15) is 18.1 Å². The third-order valence-corrected chi connectivity index (χ3v) is 4.21. The van der Waals surface area contributed by atoms with Gasteiger partial charge in [0.2, 0.25) is 17.7 Å². The SMILES string of the molecule is CC(NC(=O)C1CCCN1)C(=O)NC(CO)C(=O)NC(CCC(=O)O)C(=O)O. The molecule has 1 fully saturated rings. The molecular formula is C16H26N4O8. The highest BCUT2D eigenvalue weighted by molar-refractivity contribution is 5.94. The van der Waals surface area contributed by atoms with Crippen molar-refractivity contribution in [3.63, 3.8) is 0 Å². The molecule has 1 rings (SSSR count). The predicted octanol–water partition coefficient (Wildman–Crippen LogP) is -2.85. The molecule has 4 atom stereocenters. The highest BCUT2D eigenvalue weighted by Gasteiger charge is 2.29. The number of hydrogen-bond donors (Lipinski definition) is 7. The fraction of sp³-hybridized carbons (Fsp3) is 0.688. The van der Waals surface area contributed by atoms with E-state index in [2.05, 4.69) is 21.3 Å². The second kappa shape index (κ2) is 11.2. The van der Waals surface area contributed by atoms with Gasteiger partial charge in [-0.1, -0.05) is 0 Å². The Kier molecular flexibility index (Phi) is 9.32. The first-order chi connectivity index (χ1) is 13.1. The molecule has 0 aromatic carbocycles. The first-order valence-electron chi connectivity index (χ1n) is 8.85. The fourth-order valence-electron chi connectivity index (χ4n) is 2.58. The molecule has 1 aliphatic rings. The summed E-state index contributed by atoms with van der Waals surface area (Å²) in [5.41, 5.74) is 0. The van der Waals surface area contributed by atoms with Crippen LogP contribution in [0.4, 0.5) is 0 Å². The molecule has 1 heterocycles. The summed E-state index contributed by atoms with van der Waals surface area (Å²) in [4.78, 5) is 58.0. The zero-order valence-corrected chi connectivity index (χ0v) is 15.4. The van der Waals surface area contributed by atoms with E-state index < -0.39 is 60.9 Å². The van der Waals surface area contributed by atoms with Gasteiger partial charge < -0.3 is 36.6 Å². The minimum absolute atomic E-state index is 0.357. The predicted molar refractivity (Wildman–Crippen MR) is 94.1 cm³/mol. The van der Waals surface area contributed by atoms with Gasteiger partial charge in [-0.05, 0) is 32.7 Å². The van der Waals surface area contributed by atoms with Crippen molar-refractivity contribution in [2.45, 2.75) is 56.8 Å². The fourth-order valence-corrected chi connectivity index (χ4v) is 2.58. The Bertz CT molecular complexity index is 605. The van der Waals surface area contributed by atoms with E-state index in [9.17, 15) is 29.1 Å². The zero-order chi connectivity index (χ0) is 21.3. The number of carbonyl (C=O) groups is 5. The van der Waals surface area contributed by atoms with Crippen LogP contribution in [0.25, 0.3) is 0 Å². The summed E-state index contributed by atoms with van der Waals surface area (Å²) in [6, 6.07) is -4.32. The van der Waals surface area contributed by atoms with Crippen molar-refractivity contribution in [3.8, 4) is 0 Å². The summed E-state index contributed by atoms with van der Waals surface area (Å²) in [6.45, 7) is 1.30. The van der Waals surface area contributed by atoms with Gasteiger partial charge in [-0.25, -0.2) is 4.79 Å². The molecule has 0 bridgehead atoms. The molecule has 0 aromatic heterocycles. The molecule has 1 saturated heterocycles.